The molecule has 0 bridgehead atoms. The van der Waals surface area contributed by atoms with E-state index < -0.39 is 0 Å². The summed E-state index contributed by atoms with van der Waals surface area (Å²) in [5, 5.41) is 2.66. The Hall–Kier alpha value is -2.47. The Bertz CT molecular complexity index is 1260. The van der Waals surface area contributed by atoms with Gasteiger partial charge in [-0.25, -0.2) is 4.98 Å². The van der Waals surface area contributed by atoms with Crippen molar-refractivity contribution in [3.8, 4) is 22.5 Å². The first kappa shape index (κ1) is 20.4. The molecule has 2 aromatic carbocycles. The molecule has 0 atom stereocenters. The molecule has 5 rings (SSSR count). The minimum atomic E-state index is 0.0610. The number of aromatic nitrogens is 2. The number of rotatable bonds is 5. The summed E-state index contributed by atoms with van der Waals surface area (Å²) in [4.78, 5) is 20.6. The summed E-state index contributed by atoms with van der Waals surface area (Å²) in [5.74, 6) is 0.741. The maximum Gasteiger partial charge on any atom is 0.271 e. The lowest BCUT2D eigenvalue weighted by Crippen LogP contribution is -2.35. The van der Waals surface area contributed by atoms with E-state index >= 15 is 0 Å². The van der Waals surface area contributed by atoms with Crippen LogP contribution in [0.2, 0.25) is 5.02 Å². The van der Waals surface area contributed by atoms with Gasteiger partial charge in [0.05, 0.1) is 5.52 Å². The van der Waals surface area contributed by atoms with Crippen molar-refractivity contribution >= 4 is 33.2 Å². The third-order valence-electron chi connectivity index (χ3n) is 5.96. The summed E-state index contributed by atoms with van der Waals surface area (Å²) in [6, 6.07) is 18.0. The van der Waals surface area contributed by atoms with Crippen molar-refractivity contribution in [3.05, 3.63) is 75.4 Å². The Balaban J connectivity index is 1.51. The number of piperidine rings is 1. The summed E-state index contributed by atoms with van der Waals surface area (Å²) in [5.41, 5.74) is 3.95. The summed E-state index contributed by atoms with van der Waals surface area (Å²) < 4.78 is 2.60. The van der Waals surface area contributed by atoms with Gasteiger partial charge in [0.2, 0.25) is 0 Å². The summed E-state index contributed by atoms with van der Waals surface area (Å²) in [7, 11) is 0. The van der Waals surface area contributed by atoms with Gasteiger partial charge in [-0.1, -0.05) is 54.4 Å². The van der Waals surface area contributed by atoms with Crippen molar-refractivity contribution in [2.24, 2.45) is 0 Å². The molecule has 4 nitrogen and oxygen atoms in total. The van der Waals surface area contributed by atoms with Crippen LogP contribution in [0.15, 0.2) is 64.8 Å². The molecule has 0 unspecified atom stereocenters. The van der Waals surface area contributed by atoms with Gasteiger partial charge in [0.15, 0.2) is 0 Å². The smallest absolute Gasteiger partial charge is 0.271 e. The number of benzene rings is 2. The second-order valence-corrected chi connectivity index (χ2v) is 9.37. The number of hydrogen-bond acceptors (Lipinski definition) is 4. The molecule has 2 aromatic heterocycles. The lowest BCUT2D eigenvalue weighted by molar-refractivity contribution is 0.220. The van der Waals surface area contributed by atoms with Crippen LogP contribution in [0.5, 0.6) is 0 Å². The van der Waals surface area contributed by atoms with Crippen molar-refractivity contribution in [1.82, 2.24) is 14.5 Å². The highest BCUT2D eigenvalue weighted by atomic mass is 35.5. The number of halogens is 1. The quantitative estimate of drug-likeness (QED) is 0.379. The molecule has 0 aliphatic carbocycles. The first-order valence-corrected chi connectivity index (χ1v) is 12.0. The van der Waals surface area contributed by atoms with Gasteiger partial charge in [-0.05, 0) is 60.6 Å². The van der Waals surface area contributed by atoms with Gasteiger partial charge in [-0.2, -0.15) is 0 Å². The van der Waals surface area contributed by atoms with E-state index in [2.05, 4.69) is 17.0 Å². The molecule has 4 aromatic rings. The van der Waals surface area contributed by atoms with Crippen molar-refractivity contribution in [3.63, 3.8) is 0 Å². The zero-order valence-corrected chi connectivity index (χ0v) is 18.8. The van der Waals surface area contributed by atoms with Crippen LogP contribution in [0.1, 0.15) is 19.3 Å². The standard InChI is InChI=1S/C25H24ClN3OS/c26-21-6-4-5-20(17-21)18-7-9-19(10-8-18)24-27-22-11-16-31-23(22)25(30)29(24)15-14-28-12-2-1-3-13-28/h4-11,16-17H,1-3,12-15H2. The van der Waals surface area contributed by atoms with Crippen LogP contribution in [-0.4, -0.2) is 34.1 Å². The normalized spacial score (nSPS) is 14.9. The average Bonchev–Trinajstić information content (AvgIpc) is 3.28. The first-order valence-electron chi connectivity index (χ1n) is 10.8. The molecule has 31 heavy (non-hydrogen) atoms. The Kier molecular flexibility index (Phi) is 5.90. The van der Waals surface area contributed by atoms with Crippen LogP contribution in [0.25, 0.3) is 32.7 Å². The van der Waals surface area contributed by atoms with Crippen LogP contribution in [0.3, 0.4) is 0 Å². The van der Waals surface area contributed by atoms with Gasteiger partial charge >= 0.3 is 0 Å². The third-order valence-corrected chi connectivity index (χ3v) is 7.08. The largest absolute Gasteiger partial charge is 0.302 e. The molecule has 0 N–H and O–H groups in total. The molecule has 0 radical (unpaired) electrons. The maximum absolute atomic E-state index is 13.3. The van der Waals surface area contributed by atoms with E-state index in [4.69, 9.17) is 16.6 Å². The fraction of sp³-hybridized carbons (Fsp3) is 0.280. The average molecular weight is 450 g/mol. The lowest BCUT2D eigenvalue weighted by Gasteiger charge is -2.27. The Morgan fingerprint density at radius 3 is 2.45 bits per heavy atom. The van der Waals surface area contributed by atoms with Crippen molar-refractivity contribution in [2.45, 2.75) is 25.8 Å². The predicted molar refractivity (Wildman–Crippen MR) is 130 cm³/mol. The minimum Gasteiger partial charge on any atom is -0.302 e. The second-order valence-electron chi connectivity index (χ2n) is 8.02. The fourth-order valence-corrected chi connectivity index (χ4v) is 5.24. The third kappa shape index (κ3) is 4.31. The zero-order chi connectivity index (χ0) is 21.2. The number of fused-ring (bicyclic) bond motifs is 1. The van der Waals surface area contributed by atoms with Crippen LogP contribution >= 0.6 is 22.9 Å². The topological polar surface area (TPSA) is 38.1 Å². The molecule has 6 heteroatoms. The Morgan fingerprint density at radius 2 is 1.68 bits per heavy atom. The Morgan fingerprint density at radius 1 is 0.903 bits per heavy atom. The van der Waals surface area contributed by atoms with Crippen molar-refractivity contribution < 1.29 is 0 Å². The molecule has 1 aliphatic rings. The minimum absolute atomic E-state index is 0.0610. The molecule has 1 fully saturated rings. The van der Waals surface area contributed by atoms with E-state index in [0.717, 1.165) is 57.4 Å². The van der Waals surface area contributed by atoms with Crippen LogP contribution in [0.4, 0.5) is 0 Å². The first-order chi connectivity index (χ1) is 15.2. The molecule has 0 spiro atoms. The van der Waals surface area contributed by atoms with Gasteiger partial charge in [0.25, 0.3) is 5.56 Å². The summed E-state index contributed by atoms with van der Waals surface area (Å²) in [6.45, 7) is 3.78. The predicted octanol–water partition coefficient (Wildman–Crippen LogP) is 5.93. The molecule has 158 valence electrons. The fourth-order valence-electron chi connectivity index (χ4n) is 4.28. The summed E-state index contributed by atoms with van der Waals surface area (Å²) in [6.07, 6.45) is 3.80. The van der Waals surface area contributed by atoms with Gasteiger partial charge in [0.1, 0.15) is 10.5 Å². The van der Waals surface area contributed by atoms with E-state index in [-0.39, 0.29) is 5.56 Å². The van der Waals surface area contributed by atoms with Gasteiger partial charge in [-0.3, -0.25) is 9.36 Å². The molecule has 3 heterocycles. The van der Waals surface area contributed by atoms with Crippen LogP contribution in [-0.2, 0) is 6.54 Å². The Labute approximate surface area is 190 Å². The SMILES string of the molecule is O=c1c2sccc2nc(-c2ccc(-c3cccc(Cl)c3)cc2)n1CCN1CCCCC1. The highest BCUT2D eigenvalue weighted by Gasteiger charge is 2.16. The number of thiophene rings is 1. The monoisotopic (exact) mass is 449 g/mol. The van der Waals surface area contributed by atoms with Gasteiger partial charge < -0.3 is 4.90 Å². The maximum atomic E-state index is 13.3. The van der Waals surface area contributed by atoms with E-state index in [9.17, 15) is 4.79 Å². The van der Waals surface area contributed by atoms with E-state index in [0.29, 0.717) is 6.54 Å². The van der Waals surface area contributed by atoms with Crippen molar-refractivity contribution in [1.29, 1.82) is 0 Å². The molecular formula is C25H24ClN3OS. The lowest BCUT2D eigenvalue weighted by atomic mass is 10.0. The molecule has 0 amide bonds. The summed E-state index contributed by atoms with van der Waals surface area (Å²) >= 11 is 7.63. The highest BCUT2D eigenvalue weighted by Crippen LogP contribution is 2.27. The molecular weight excluding hydrogens is 426 g/mol. The highest BCUT2D eigenvalue weighted by molar-refractivity contribution is 7.17. The van der Waals surface area contributed by atoms with Gasteiger partial charge in [0, 0.05) is 23.7 Å². The molecule has 1 saturated heterocycles. The van der Waals surface area contributed by atoms with Crippen LogP contribution in [0, 0.1) is 0 Å². The van der Waals surface area contributed by atoms with E-state index in [1.54, 1.807) is 0 Å². The number of likely N-dealkylation sites (tertiary alicyclic amines) is 1. The van der Waals surface area contributed by atoms with Gasteiger partial charge in [-0.15, -0.1) is 11.3 Å². The number of hydrogen-bond donors (Lipinski definition) is 0. The van der Waals surface area contributed by atoms with Crippen molar-refractivity contribution in [2.75, 3.05) is 19.6 Å². The molecule has 0 saturated carbocycles. The van der Waals surface area contributed by atoms with E-state index in [1.807, 2.05) is 52.4 Å². The molecule has 1 aliphatic heterocycles. The zero-order valence-electron chi connectivity index (χ0n) is 17.3. The van der Waals surface area contributed by atoms with Crippen LogP contribution < -0.4 is 5.56 Å². The van der Waals surface area contributed by atoms with E-state index in [1.165, 1.54) is 30.6 Å². The second kappa shape index (κ2) is 8.95. The number of nitrogens with zero attached hydrogens (tertiary/aromatic N) is 3.